The van der Waals surface area contributed by atoms with E-state index in [1.54, 1.807) is 0 Å². The van der Waals surface area contributed by atoms with Crippen LogP contribution in [0.15, 0.2) is 24.3 Å². The maximum Gasteiger partial charge on any atom is 0.0326 e. The van der Waals surface area contributed by atoms with Crippen LogP contribution in [-0.2, 0) is 6.54 Å². The average molecular weight is 234 g/mol. The minimum absolute atomic E-state index is 0.0604. The van der Waals surface area contributed by atoms with E-state index in [0.717, 1.165) is 6.54 Å². The quantitative estimate of drug-likeness (QED) is 0.849. The summed E-state index contributed by atoms with van der Waals surface area (Å²) in [6.45, 7) is 10.5. The Morgan fingerprint density at radius 1 is 1.24 bits per heavy atom. The van der Waals surface area contributed by atoms with Gasteiger partial charge >= 0.3 is 0 Å². The third-order valence-corrected chi connectivity index (χ3v) is 4.07. The van der Waals surface area contributed by atoms with E-state index in [9.17, 15) is 0 Å². The normalized spacial score (nSPS) is 15.3. The van der Waals surface area contributed by atoms with Crippen molar-refractivity contribution >= 4 is 0 Å². The summed E-state index contributed by atoms with van der Waals surface area (Å²) in [5.41, 5.74) is 8.66. The van der Waals surface area contributed by atoms with Crippen molar-refractivity contribution in [3.05, 3.63) is 35.4 Å². The second kappa shape index (κ2) is 5.65. The molecule has 0 aliphatic rings. The smallest absolute Gasteiger partial charge is 0.0326 e. The SMILES string of the molecule is Cc1ccc(CN(C)C(C)(CN)C(C)C)cc1. The molecule has 0 spiro atoms. The van der Waals surface area contributed by atoms with Crippen LogP contribution in [0.2, 0.25) is 0 Å². The Hall–Kier alpha value is -0.860. The number of likely N-dealkylation sites (N-methyl/N-ethyl adjacent to an activating group) is 1. The minimum atomic E-state index is 0.0604. The summed E-state index contributed by atoms with van der Waals surface area (Å²) in [4.78, 5) is 2.36. The fraction of sp³-hybridized carbons (Fsp3) is 0.600. The molecule has 1 aromatic rings. The summed E-state index contributed by atoms with van der Waals surface area (Å²) in [6.07, 6.45) is 0. The maximum atomic E-state index is 5.94. The Bertz CT molecular complexity index is 342. The minimum Gasteiger partial charge on any atom is -0.329 e. The highest BCUT2D eigenvalue weighted by molar-refractivity contribution is 5.21. The Morgan fingerprint density at radius 3 is 2.18 bits per heavy atom. The first-order valence-electron chi connectivity index (χ1n) is 6.37. The molecule has 1 atom stereocenters. The highest BCUT2D eigenvalue weighted by Gasteiger charge is 2.31. The monoisotopic (exact) mass is 234 g/mol. The van der Waals surface area contributed by atoms with Gasteiger partial charge in [0.25, 0.3) is 0 Å². The van der Waals surface area contributed by atoms with Gasteiger partial charge in [-0.3, -0.25) is 4.90 Å². The van der Waals surface area contributed by atoms with E-state index < -0.39 is 0 Å². The van der Waals surface area contributed by atoms with Crippen LogP contribution in [0, 0.1) is 12.8 Å². The van der Waals surface area contributed by atoms with Gasteiger partial charge in [0.2, 0.25) is 0 Å². The lowest BCUT2D eigenvalue weighted by Crippen LogP contribution is -2.53. The summed E-state index contributed by atoms with van der Waals surface area (Å²) in [5.74, 6) is 0.544. The molecule has 0 heterocycles. The van der Waals surface area contributed by atoms with Gasteiger partial charge in [-0.1, -0.05) is 43.7 Å². The molecule has 2 heteroatoms. The summed E-state index contributed by atoms with van der Waals surface area (Å²) in [7, 11) is 2.16. The lowest BCUT2D eigenvalue weighted by atomic mass is 9.86. The van der Waals surface area contributed by atoms with Crippen LogP contribution in [0.5, 0.6) is 0 Å². The van der Waals surface area contributed by atoms with Gasteiger partial charge in [-0.2, -0.15) is 0 Å². The maximum absolute atomic E-state index is 5.94. The third-order valence-electron chi connectivity index (χ3n) is 4.07. The molecule has 0 aliphatic heterocycles. The van der Waals surface area contributed by atoms with Crippen LogP contribution in [-0.4, -0.2) is 24.0 Å². The number of aryl methyl sites for hydroxylation is 1. The van der Waals surface area contributed by atoms with Gasteiger partial charge in [-0.15, -0.1) is 0 Å². The summed E-state index contributed by atoms with van der Waals surface area (Å²) in [6, 6.07) is 8.73. The largest absolute Gasteiger partial charge is 0.329 e. The molecule has 0 aromatic heterocycles. The number of nitrogens with two attached hydrogens (primary N) is 1. The molecule has 1 rings (SSSR count). The number of hydrogen-bond donors (Lipinski definition) is 1. The van der Waals surface area contributed by atoms with Crippen molar-refractivity contribution in [3.8, 4) is 0 Å². The molecular weight excluding hydrogens is 208 g/mol. The van der Waals surface area contributed by atoms with Gasteiger partial charge in [0.1, 0.15) is 0 Å². The lowest BCUT2D eigenvalue weighted by molar-refractivity contribution is 0.0878. The van der Waals surface area contributed by atoms with Crippen molar-refractivity contribution in [2.24, 2.45) is 11.7 Å². The molecule has 0 aliphatic carbocycles. The highest BCUT2D eigenvalue weighted by atomic mass is 15.2. The molecule has 1 aromatic carbocycles. The first kappa shape index (κ1) is 14.2. The molecule has 17 heavy (non-hydrogen) atoms. The van der Waals surface area contributed by atoms with Crippen molar-refractivity contribution in [1.29, 1.82) is 0 Å². The van der Waals surface area contributed by atoms with Crippen molar-refractivity contribution < 1.29 is 0 Å². The van der Waals surface area contributed by atoms with Crippen LogP contribution in [0.3, 0.4) is 0 Å². The topological polar surface area (TPSA) is 29.3 Å². The fourth-order valence-electron chi connectivity index (χ4n) is 1.98. The van der Waals surface area contributed by atoms with Crippen LogP contribution >= 0.6 is 0 Å². The number of benzene rings is 1. The van der Waals surface area contributed by atoms with Gasteiger partial charge in [-0.25, -0.2) is 0 Å². The van der Waals surface area contributed by atoms with Gasteiger partial charge in [-0.05, 0) is 32.4 Å². The lowest BCUT2D eigenvalue weighted by Gasteiger charge is -2.41. The molecule has 0 saturated carbocycles. The van der Waals surface area contributed by atoms with E-state index in [-0.39, 0.29) is 5.54 Å². The predicted octanol–water partition coefficient (Wildman–Crippen LogP) is 2.80. The van der Waals surface area contributed by atoms with Gasteiger partial charge in [0.15, 0.2) is 0 Å². The summed E-state index contributed by atoms with van der Waals surface area (Å²) < 4.78 is 0. The zero-order valence-electron chi connectivity index (χ0n) is 11.8. The van der Waals surface area contributed by atoms with Crippen molar-refractivity contribution in [2.75, 3.05) is 13.6 Å². The molecule has 0 bridgehead atoms. The summed E-state index contributed by atoms with van der Waals surface area (Å²) >= 11 is 0. The second-order valence-corrected chi connectivity index (χ2v) is 5.56. The Morgan fingerprint density at radius 2 is 1.76 bits per heavy atom. The molecule has 96 valence electrons. The van der Waals surface area contributed by atoms with E-state index in [1.807, 2.05) is 0 Å². The van der Waals surface area contributed by atoms with E-state index in [1.165, 1.54) is 11.1 Å². The zero-order chi connectivity index (χ0) is 13.1. The Kier molecular flexibility index (Phi) is 4.72. The number of nitrogens with zero attached hydrogens (tertiary/aromatic N) is 1. The van der Waals surface area contributed by atoms with E-state index in [2.05, 4.69) is 63.9 Å². The highest BCUT2D eigenvalue weighted by Crippen LogP contribution is 2.24. The van der Waals surface area contributed by atoms with Crippen LogP contribution in [0.25, 0.3) is 0 Å². The third kappa shape index (κ3) is 3.30. The molecule has 0 saturated heterocycles. The van der Waals surface area contributed by atoms with Gasteiger partial charge < -0.3 is 5.73 Å². The van der Waals surface area contributed by atoms with Crippen molar-refractivity contribution in [2.45, 2.75) is 39.8 Å². The van der Waals surface area contributed by atoms with E-state index in [0.29, 0.717) is 12.5 Å². The van der Waals surface area contributed by atoms with Crippen LogP contribution < -0.4 is 5.73 Å². The first-order chi connectivity index (χ1) is 7.90. The Labute approximate surface area is 106 Å². The van der Waals surface area contributed by atoms with Gasteiger partial charge in [0.05, 0.1) is 0 Å². The average Bonchev–Trinajstić information content (AvgIpc) is 2.30. The molecule has 0 fully saturated rings. The van der Waals surface area contributed by atoms with Crippen molar-refractivity contribution in [1.82, 2.24) is 4.90 Å². The van der Waals surface area contributed by atoms with Crippen LogP contribution in [0.4, 0.5) is 0 Å². The van der Waals surface area contributed by atoms with Crippen LogP contribution in [0.1, 0.15) is 31.9 Å². The standard InChI is InChI=1S/C15H26N2/c1-12(2)15(4,11-16)17(5)10-14-8-6-13(3)7-9-14/h6-9,12H,10-11,16H2,1-5H3. The number of hydrogen-bond acceptors (Lipinski definition) is 2. The van der Waals surface area contributed by atoms with E-state index >= 15 is 0 Å². The molecule has 2 N–H and O–H groups in total. The molecule has 1 unspecified atom stereocenters. The second-order valence-electron chi connectivity index (χ2n) is 5.56. The molecule has 0 radical (unpaired) electrons. The first-order valence-corrected chi connectivity index (χ1v) is 6.37. The summed E-state index contributed by atoms with van der Waals surface area (Å²) in [5, 5.41) is 0. The van der Waals surface area contributed by atoms with Gasteiger partial charge in [0, 0.05) is 18.6 Å². The predicted molar refractivity (Wildman–Crippen MR) is 74.9 cm³/mol. The molecule has 0 amide bonds. The molecular formula is C15H26N2. The Balaban J connectivity index is 2.77. The van der Waals surface area contributed by atoms with E-state index in [4.69, 9.17) is 5.73 Å². The zero-order valence-corrected chi connectivity index (χ0v) is 11.8. The fourth-order valence-corrected chi connectivity index (χ4v) is 1.98. The number of rotatable bonds is 5. The molecule has 2 nitrogen and oxygen atoms in total. The van der Waals surface area contributed by atoms with Crippen molar-refractivity contribution in [3.63, 3.8) is 0 Å².